The summed E-state index contributed by atoms with van der Waals surface area (Å²) in [6.07, 6.45) is 3.29. The Bertz CT molecular complexity index is 782. The van der Waals surface area contributed by atoms with Gasteiger partial charge in [-0.05, 0) is 32.2 Å². The maximum Gasteiger partial charge on any atom is 0.260 e. The van der Waals surface area contributed by atoms with Crippen molar-refractivity contribution in [3.63, 3.8) is 0 Å². The molecule has 22 heavy (non-hydrogen) atoms. The van der Waals surface area contributed by atoms with Gasteiger partial charge in [0.1, 0.15) is 5.01 Å². The first-order valence-electron chi connectivity index (χ1n) is 6.66. The highest BCUT2D eigenvalue weighted by molar-refractivity contribution is 7.19. The molecule has 3 rings (SSSR count). The maximum absolute atomic E-state index is 12.2. The van der Waals surface area contributed by atoms with Crippen LogP contribution in [-0.4, -0.2) is 25.9 Å². The van der Waals surface area contributed by atoms with Gasteiger partial charge in [-0.25, -0.2) is 0 Å². The standard InChI is InChI=1S/C14H15N5OS2/c1-14(2,3)19-7-10(6-15-19)11(20)16-13-18-17-12(22-13)9-4-5-21-8-9/h4-8H,1-3H3,(H,16,18,20). The average Bonchev–Trinajstić information content (AvgIpc) is 3.19. The Labute approximate surface area is 135 Å². The molecule has 0 bridgehead atoms. The summed E-state index contributed by atoms with van der Waals surface area (Å²) in [5.74, 6) is -0.233. The van der Waals surface area contributed by atoms with Gasteiger partial charge in [-0.2, -0.15) is 16.4 Å². The van der Waals surface area contributed by atoms with Gasteiger partial charge < -0.3 is 0 Å². The molecule has 0 fully saturated rings. The lowest BCUT2D eigenvalue weighted by molar-refractivity contribution is 0.102. The Hall–Kier alpha value is -2.06. The minimum Gasteiger partial charge on any atom is -0.296 e. The highest BCUT2D eigenvalue weighted by Gasteiger charge is 2.18. The zero-order chi connectivity index (χ0) is 15.7. The van der Waals surface area contributed by atoms with Gasteiger partial charge in [0.2, 0.25) is 5.13 Å². The van der Waals surface area contributed by atoms with Crippen LogP contribution in [0.1, 0.15) is 31.1 Å². The summed E-state index contributed by atoms with van der Waals surface area (Å²) < 4.78 is 1.76. The first-order chi connectivity index (χ1) is 10.4. The lowest BCUT2D eigenvalue weighted by Gasteiger charge is -2.18. The lowest BCUT2D eigenvalue weighted by Crippen LogP contribution is -2.22. The first kappa shape index (κ1) is 14.9. The van der Waals surface area contributed by atoms with Crippen molar-refractivity contribution in [2.75, 3.05) is 5.32 Å². The Morgan fingerprint density at radius 3 is 2.77 bits per heavy atom. The summed E-state index contributed by atoms with van der Waals surface area (Å²) in [4.78, 5) is 12.2. The molecular formula is C14H15N5OS2. The van der Waals surface area contributed by atoms with E-state index in [0.717, 1.165) is 10.6 Å². The van der Waals surface area contributed by atoms with Crippen LogP contribution < -0.4 is 5.32 Å². The summed E-state index contributed by atoms with van der Waals surface area (Å²) in [5.41, 5.74) is 1.36. The van der Waals surface area contributed by atoms with E-state index < -0.39 is 0 Å². The van der Waals surface area contributed by atoms with Gasteiger partial charge in [0.05, 0.1) is 17.3 Å². The summed E-state index contributed by atoms with van der Waals surface area (Å²) >= 11 is 2.95. The van der Waals surface area contributed by atoms with Crippen LogP contribution in [0.3, 0.4) is 0 Å². The number of rotatable bonds is 3. The predicted octanol–water partition coefficient (Wildman–Crippen LogP) is 3.47. The van der Waals surface area contributed by atoms with Crippen molar-refractivity contribution in [2.24, 2.45) is 0 Å². The monoisotopic (exact) mass is 333 g/mol. The van der Waals surface area contributed by atoms with E-state index in [-0.39, 0.29) is 11.4 Å². The molecule has 3 aromatic rings. The van der Waals surface area contributed by atoms with Crippen molar-refractivity contribution >= 4 is 33.7 Å². The number of anilines is 1. The molecule has 114 valence electrons. The van der Waals surface area contributed by atoms with E-state index in [1.54, 1.807) is 28.4 Å². The van der Waals surface area contributed by atoms with Gasteiger partial charge in [0, 0.05) is 17.1 Å². The van der Waals surface area contributed by atoms with Crippen molar-refractivity contribution in [3.8, 4) is 10.6 Å². The molecule has 0 spiro atoms. The number of amides is 1. The molecule has 6 nitrogen and oxygen atoms in total. The van der Waals surface area contributed by atoms with Crippen LogP contribution in [0.15, 0.2) is 29.2 Å². The van der Waals surface area contributed by atoms with Gasteiger partial charge in [-0.1, -0.05) is 11.3 Å². The van der Waals surface area contributed by atoms with Crippen LogP contribution in [0.25, 0.3) is 10.6 Å². The number of aromatic nitrogens is 4. The van der Waals surface area contributed by atoms with E-state index in [0.29, 0.717) is 10.7 Å². The second kappa shape index (κ2) is 5.62. The first-order valence-corrected chi connectivity index (χ1v) is 8.42. The third-order valence-corrected chi connectivity index (χ3v) is 4.52. The largest absolute Gasteiger partial charge is 0.296 e. The summed E-state index contributed by atoms with van der Waals surface area (Å²) in [6, 6.07) is 1.98. The quantitative estimate of drug-likeness (QED) is 0.796. The van der Waals surface area contributed by atoms with Crippen molar-refractivity contribution < 1.29 is 4.79 Å². The van der Waals surface area contributed by atoms with Crippen LogP contribution in [0.2, 0.25) is 0 Å². The lowest BCUT2D eigenvalue weighted by atomic mass is 10.1. The number of hydrogen-bond acceptors (Lipinski definition) is 6. The molecule has 0 radical (unpaired) electrons. The third kappa shape index (κ3) is 3.07. The molecule has 3 heterocycles. The normalized spacial score (nSPS) is 11.6. The topological polar surface area (TPSA) is 72.7 Å². The zero-order valence-corrected chi connectivity index (χ0v) is 14.0. The molecule has 0 saturated heterocycles. The molecular weight excluding hydrogens is 318 g/mol. The second-order valence-corrected chi connectivity index (χ2v) is 7.48. The fraction of sp³-hybridized carbons (Fsp3) is 0.286. The van der Waals surface area contributed by atoms with Crippen LogP contribution >= 0.6 is 22.7 Å². The highest BCUT2D eigenvalue weighted by Crippen LogP contribution is 2.28. The smallest absolute Gasteiger partial charge is 0.260 e. The molecule has 1 amide bonds. The molecule has 1 N–H and O–H groups in total. The number of hydrogen-bond donors (Lipinski definition) is 1. The molecule has 0 aromatic carbocycles. The van der Waals surface area contributed by atoms with Gasteiger partial charge >= 0.3 is 0 Å². The fourth-order valence-electron chi connectivity index (χ4n) is 1.75. The maximum atomic E-state index is 12.2. The molecule has 0 aliphatic carbocycles. The van der Waals surface area contributed by atoms with E-state index in [4.69, 9.17) is 0 Å². The van der Waals surface area contributed by atoms with E-state index in [1.807, 2.05) is 37.6 Å². The van der Waals surface area contributed by atoms with Crippen LogP contribution in [-0.2, 0) is 5.54 Å². The van der Waals surface area contributed by atoms with Crippen LogP contribution in [0.5, 0.6) is 0 Å². The number of thiophene rings is 1. The molecule has 8 heteroatoms. The van der Waals surface area contributed by atoms with Crippen molar-refractivity contribution in [1.82, 2.24) is 20.0 Å². The number of carbonyl (C=O) groups is 1. The van der Waals surface area contributed by atoms with Crippen LogP contribution in [0, 0.1) is 0 Å². The third-order valence-electron chi connectivity index (χ3n) is 2.95. The predicted molar refractivity (Wildman–Crippen MR) is 88.4 cm³/mol. The minimum absolute atomic E-state index is 0.159. The molecule has 0 unspecified atom stereocenters. The Morgan fingerprint density at radius 2 is 2.14 bits per heavy atom. The minimum atomic E-state index is -0.233. The van der Waals surface area contributed by atoms with E-state index in [9.17, 15) is 4.79 Å². The van der Waals surface area contributed by atoms with E-state index >= 15 is 0 Å². The molecule has 0 aliphatic rings. The highest BCUT2D eigenvalue weighted by atomic mass is 32.1. The van der Waals surface area contributed by atoms with Gasteiger partial charge in [0.15, 0.2) is 0 Å². The van der Waals surface area contributed by atoms with Crippen LogP contribution in [0.4, 0.5) is 5.13 Å². The van der Waals surface area contributed by atoms with E-state index in [1.165, 1.54) is 11.3 Å². The number of carbonyl (C=O) groups excluding carboxylic acids is 1. The van der Waals surface area contributed by atoms with Crippen molar-refractivity contribution in [3.05, 3.63) is 34.8 Å². The van der Waals surface area contributed by atoms with Crippen molar-refractivity contribution in [2.45, 2.75) is 26.3 Å². The average molecular weight is 333 g/mol. The Balaban J connectivity index is 1.73. The Morgan fingerprint density at radius 1 is 1.32 bits per heavy atom. The van der Waals surface area contributed by atoms with Gasteiger partial charge in [0.25, 0.3) is 5.91 Å². The molecule has 0 atom stereocenters. The van der Waals surface area contributed by atoms with Gasteiger partial charge in [-0.3, -0.25) is 14.8 Å². The molecule has 0 saturated carbocycles. The zero-order valence-electron chi connectivity index (χ0n) is 12.4. The number of nitrogens with one attached hydrogen (secondary N) is 1. The fourth-order valence-corrected chi connectivity index (χ4v) is 3.20. The summed E-state index contributed by atoms with van der Waals surface area (Å²) in [6.45, 7) is 6.08. The van der Waals surface area contributed by atoms with Crippen molar-refractivity contribution in [1.29, 1.82) is 0 Å². The summed E-state index contributed by atoms with van der Waals surface area (Å²) in [7, 11) is 0. The Kier molecular flexibility index (Phi) is 3.79. The van der Waals surface area contributed by atoms with Gasteiger partial charge in [-0.15, -0.1) is 10.2 Å². The SMILES string of the molecule is CC(C)(C)n1cc(C(=O)Nc2nnc(-c3ccsc3)s2)cn1. The van der Waals surface area contributed by atoms with E-state index in [2.05, 4.69) is 20.6 Å². The number of nitrogens with zero attached hydrogens (tertiary/aromatic N) is 4. The summed E-state index contributed by atoms with van der Waals surface area (Å²) in [5, 5.41) is 20.3. The second-order valence-electron chi connectivity index (χ2n) is 5.72. The molecule has 0 aliphatic heterocycles. The molecule has 3 aromatic heterocycles.